The van der Waals surface area contributed by atoms with Gasteiger partial charge in [-0.2, -0.15) is 0 Å². The van der Waals surface area contributed by atoms with Crippen molar-refractivity contribution < 1.29 is 9.53 Å². The topological polar surface area (TPSA) is 67.6 Å². The molecule has 0 spiro atoms. The molecule has 1 saturated heterocycles. The van der Waals surface area contributed by atoms with E-state index in [2.05, 4.69) is 29.3 Å². The second-order valence-electron chi connectivity index (χ2n) is 5.22. The second kappa shape index (κ2) is 10.0. The Kier molecular flexibility index (Phi) is 9.64. The van der Waals surface area contributed by atoms with E-state index in [1.54, 1.807) is 6.92 Å². The lowest BCUT2D eigenvalue weighted by molar-refractivity contribution is -0.117. The number of ether oxygens (including phenoxy) is 1. The number of amides is 1. The number of nitrogens with two attached hydrogens (primary N) is 1. The highest BCUT2D eigenvalue weighted by Gasteiger charge is 2.18. The monoisotopic (exact) mass is 349 g/mol. The Balaban J connectivity index is 0.00000220. The van der Waals surface area contributed by atoms with Crippen molar-refractivity contribution in [2.45, 2.75) is 25.9 Å². The van der Waals surface area contributed by atoms with E-state index in [1.807, 2.05) is 12.1 Å². The van der Waals surface area contributed by atoms with Crippen LogP contribution in [0.3, 0.4) is 0 Å². The van der Waals surface area contributed by atoms with E-state index in [4.69, 9.17) is 10.5 Å². The van der Waals surface area contributed by atoms with Gasteiger partial charge in [0.05, 0.1) is 19.3 Å². The molecule has 1 fully saturated rings. The van der Waals surface area contributed by atoms with Gasteiger partial charge in [0.1, 0.15) is 0 Å². The van der Waals surface area contributed by atoms with Crippen molar-refractivity contribution in [1.29, 1.82) is 0 Å². The van der Waals surface area contributed by atoms with Crippen LogP contribution in [-0.4, -0.2) is 43.2 Å². The summed E-state index contributed by atoms with van der Waals surface area (Å²) in [5.41, 5.74) is 7.55. The standard InChI is InChI=1S/C15H23N3O2.2ClH/c1-11(16)15(19)17-14-5-3-13(4-6-14)12(2)18-7-9-20-10-8-18;;/h3-6,11-12H,7-10,16H2,1-2H3,(H,17,19);2*1H/t11-,12?;;/m1../s1. The molecule has 126 valence electrons. The van der Waals surface area contributed by atoms with Gasteiger partial charge in [-0.15, -0.1) is 24.8 Å². The molecule has 0 bridgehead atoms. The summed E-state index contributed by atoms with van der Waals surface area (Å²) in [6.45, 7) is 7.39. The second-order valence-corrected chi connectivity index (χ2v) is 5.22. The van der Waals surface area contributed by atoms with Gasteiger partial charge in [0.25, 0.3) is 0 Å². The zero-order valence-corrected chi connectivity index (χ0v) is 14.6. The van der Waals surface area contributed by atoms with Crippen LogP contribution in [0.15, 0.2) is 24.3 Å². The average molecular weight is 350 g/mol. The molecule has 0 aliphatic carbocycles. The van der Waals surface area contributed by atoms with Gasteiger partial charge in [0, 0.05) is 24.8 Å². The summed E-state index contributed by atoms with van der Waals surface area (Å²) in [7, 11) is 0. The van der Waals surface area contributed by atoms with E-state index in [1.165, 1.54) is 5.56 Å². The molecule has 2 atom stereocenters. The Morgan fingerprint density at radius 1 is 1.18 bits per heavy atom. The lowest BCUT2D eigenvalue weighted by Gasteiger charge is -2.32. The molecule has 2 rings (SSSR count). The zero-order valence-electron chi connectivity index (χ0n) is 13.0. The molecule has 5 nitrogen and oxygen atoms in total. The normalized spacial score (nSPS) is 17.6. The molecular formula is C15H25Cl2N3O2. The van der Waals surface area contributed by atoms with Crippen LogP contribution in [0.2, 0.25) is 0 Å². The van der Waals surface area contributed by atoms with Crippen molar-refractivity contribution in [1.82, 2.24) is 4.90 Å². The summed E-state index contributed by atoms with van der Waals surface area (Å²) < 4.78 is 5.37. The van der Waals surface area contributed by atoms with Gasteiger partial charge in [0.15, 0.2) is 0 Å². The Morgan fingerprint density at radius 2 is 1.73 bits per heavy atom. The molecule has 0 saturated carbocycles. The van der Waals surface area contributed by atoms with Gasteiger partial charge in [0.2, 0.25) is 5.91 Å². The third kappa shape index (κ3) is 5.74. The quantitative estimate of drug-likeness (QED) is 0.874. The van der Waals surface area contributed by atoms with E-state index in [-0.39, 0.29) is 30.7 Å². The molecule has 1 aromatic rings. The molecule has 1 aliphatic heterocycles. The first-order valence-electron chi connectivity index (χ1n) is 7.06. The number of nitrogens with zero attached hydrogens (tertiary/aromatic N) is 1. The van der Waals surface area contributed by atoms with Crippen LogP contribution in [-0.2, 0) is 9.53 Å². The Hall–Kier alpha value is -0.850. The summed E-state index contributed by atoms with van der Waals surface area (Å²) in [5, 5.41) is 2.79. The SMILES string of the molecule is CC(c1ccc(NC(=O)[C@@H](C)N)cc1)N1CCOCC1.Cl.Cl. The minimum absolute atomic E-state index is 0. The van der Waals surface area contributed by atoms with Crippen LogP contribution in [0.5, 0.6) is 0 Å². The predicted molar refractivity (Wildman–Crippen MR) is 94.0 cm³/mol. The Labute approximate surface area is 144 Å². The van der Waals surface area contributed by atoms with Gasteiger partial charge in [-0.3, -0.25) is 9.69 Å². The number of anilines is 1. The largest absolute Gasteiger partial charge is 0.379 e. The minimum atomic E-state index is -0.498. The fourth-order valence-electron chi connectivity index (χ4n) is 2.28. The van der Waals surface area contributed by atoms with Crippen molar-refractivity contribution in [3.05, 3.63) is 29.8 Å². The van der Waals surface area contributed by atoms with Crippen molar-refractivity contribution in [3.8, 4) is 0 Å². The molecule has 1 unspecified atom stereocenters. The van der Waals surface area contributed by atoms with Crippen LogP contribution in [0.25, 0.3) is 0 Å². The fraction of sp³-hybridized carbons (Fsp3) is 0.533. The summed E-state index contributed by atoms with van der Waals surface area (Å²) in [6.07, 6.45) is 0. The van der Waals surface area contributed by atoms with Crippen LogP contribution in [0.4, 0.5) is 5.69 Å². The third-order valence-electron chi connectivity index (χ3n) is 3.67. The third-order valence-corrected chi connectivity index (χ3v) is 3.67. The van der Waals surface area contributed by atoms with Gasteiger partial charge in [-0.25, -0.2) is 0 Å². The molecule has 7 heteroatoms. The molecule has 0 aromatic heterocycles. The van der Waals surface area contributed by atoms with E-state index in [9.17, 15) is 4.79 Å². The first kappa shape index (κ1) is 21.1. The fourth-order valence-corrected chi connectivity index (χ4v) is 2.28. The first-order chi connectivity index (χ1) is 9.58. The maximum absolute atomic E-state index is 11.5. The molecule has 3 N–H and O–H groups in total. The van der Waals surface area contributed by atoms with Crippen molar-refractivity contribution >= 4 is 36.4 Å². The number of rotatable bonds is 4. The zero-order chi connectivity index (χ0) is 14.5. The summed E-state index contributed by atoms with van der Waals surface area (Å²) in [5.74, 6) is -0.168. The lowest BCUT2D eigenvalue weighted by Crippen LogP contribution is -2.38. The molecule has 1 heterocycles. The number of hydrogen-bond donors (Lipinski definition) is 2. The Morgan fingerprint density at radius 3 is 2.23 bits per heavy atom. The molecule has 1 amide bonds. The van der Waals surface area contributed by atoms with Crippen LogP contribution >= 0.6 is 24.8 Å². The number of nitrogens with one attached hydrogen (secondary N) is 1. The van der Waals surface area contributed by atoms with E-state index >= 15 is 0 Å². The summed E-state index contributed by atoms with van der Waals surface area (Å²) in [6, 6.07) is 7.81. The van der Waals surface area contributed by atoms with Crippen LogP contribution in [0, 0.1) is 0 Å². The molecule has 1 aliphatic rings. The van der Waals surface area contributed by atoms with E-state index in [0.29, 0.717) is 6.04 Å². The Bertz CT molecular complexity index is 449. The van der Waals surface area contributed by atoms with Gasteiger partial charge < -0.3 is 15.8 Å². The molecule has 1 aromatic carbocycles. The molecular weight excluding hydrogens is 325 g/mol. The van der Waals surface area contributed by atoms with Gasteiger partial charge in [-0.05, 0) is 31.5 Å². The number of halogens is 2. The van der Waals surface area contributed by atoms with Crippen molar-refractivity contribution in [2.24, 2.45) is 5.73 Å². The first-order valence-corrected chi connectivity index (χ1v) is 7.06. The number of hydrogen-bond acceptors (Lipinski definition) is 4. The number of morpholine rings is 1. The van der Waals surface area contributed by atoms with Crippen LogP contribution < -0.4 is 11.1 Å². The summed E-state index contributed by atoms with van der Waals surface area (Å²) in [4.78, 5) is 13.9. The van der Waals surface area contributed by atoms with Crippen molar-refractivity contribution in [2.75, 3.05) is 31.6 Å². The summed E-state index contributed by atoms with van der Waals surface area (Å²) >= 11 is 0. The average Bonchev–Trinajstić information content (AvgIpc) is 2.48. The van der Waals surface area contributed by atoms with Gasteiger partial charge in [-0.1, -0.05) is 12.1 Å². The number of benzene rings is 1. The van der Waals surface area contributed by atoms with E-state index in [0.717, 1.165) is 32.0 Å². The number of carbonyl (C=O) groups is 1. The van der Waals surface area contributed by atoms with E-state index < -0.39 is 6.04 Å². The smallest absolute Gasteiger partial charge is 0.240 e. The lowest BCUT2D eigenvalue weighted by atomic mass is 10.1. The highest BCUT2D eigenvalue weighted by atomic mass is 35.5. The molecule has 22 heavy (non-hydrogen) atoms. The maximum atomic E-state index is 11.5. The highest BCUT2D eigenvalue weighted by molar-refractivity contribution is 5.94. The minimum Gasteiger partial charge on any atom is -0.379 e. The maximum Gasteiger partial charge on any atom is 0.240 e. The van der Waals surface area contributed by atoms with Crippen molar-refractivity contribution in [3.63, 3.8) is 0 Å². The predicted octanol–water partition coefficient (Wildman–Crippen LogP) is 2.21. The number of carbonyl (C=O) groups excluding carboxylic acids is 1. The molecule has 0 radical (unpaired) electrons. The van der Waals surface area contributed by atoms with Gasteiger partial charge >= 0.3 is 0 Å². The highest BCUT2D eigenvalue weighted by Crippen LogP contribution is 2.22. The van der Waals surface area contributed by atoms with Crippen LogP contribution in [0.1, 0.15) is 25.5 Å².